The molecule has 4 nitrogen and oxygen atoms in total. The van der Waals surface area contributed by atoms with Crippen LogP contribution in [0.15, 0.2) is 48.7 Å². The zero-order valence-electron chi connectivity index (χ0n) is 16.0. The third kappa shape index (κ3) is 3.16. The molecule has 0 bridgehead atoms. The predicted octanol–water partition coefficient (Wildman–Crippen LogP) is 5.42. The number of cyclic esters (lactones) is 1. The minimum absolute atomic E-state index is 0.228. The molecule has 0 spiro atoms. The van der Waals surface area contributed by atoms with E-state index in [2.05, 4.69) is 43.2 Å². The Kier molecular flexibility index (Phi) is 4.56. The van der Waals surface area contributed by atoms with Crippen LogP contribution in [-0.2, 0) is 11.3 Å². The van der Waals surface area contributed by atoms with Gasteiger partial charge in [-0.1, -0.05) is 32.0 Å². The van der Waals surface area contributed by atoms with Gasteiger partial charge in [-0.15, -0.1) is 0 Å². The highest BCUT2D eigenvalue weighted by molar-refractivity contribution is 5.94. The largest absolute Gasteiger partial charge is 0.457 e. The van der Waals surface area contributed by atoms with Gasteiger partial charge in [0.2, 0.25) is 0 Å². The van der Waals surface area contributed by atoms with Crippen LogP contribution in [-0.4, -0.2) is 15.7 Å². The molecule has 4 rings (SSSR count). The van der Waals surface area contributed by atoms with Crippen molar-refractivity contribution < 1.29 is 9.53 Å². The summed E-state index contributed by atoms with van der Waals surface area (Å²) in [6.07, 6.45) is 4.22. The van der Waals surface area contributed by atoms with Gasteiger partial charge in [-0.05, 0) is 66.6 Å². The van der Waals surface area contributed by atoms with E-state index in [1.165, 1.54) is 5.56 Å². The fourth-order valence-corrected chi connectivity index (χ4v) is 3.86. The second kappa shape index (κ2) is 7.03. The molecule has 4 heteroatoms. The van der Waals surface area contributed by atoms with Gasteiger partial charge in [0.05, 0.1) is 16.9 Å². The fourth-order valence-electron chi connectivity index (χ4n) is 3.86. The Bertz CT molecular complexity index is 999. The summed E-state index contributed by atoms with van der Waals surface area (Å²) in [5, 5.41) is 4.65. The highest BCUT2D eigenvalue weighted by Crippen LogP contribution is 2.33. The summed E-state index contributed by atoms with van der Waals surface area (Å²) in [5.74, 6) is 0.276. The van der Waals surface area contributed by atoms with E-state index in [0.717, 1.165) is 40.9 Å². The van der Waals surface area contributed by atoms with Crippen LogP contribution < -0.4 is 0 Å². The van der Waals surface area contributed by atoms with E-state index in [1.54, 1.807) is 0 Å². The molecule has 0 radical (unpaired) electrons. The highest BCUT2D eigenvalue weighted by Gasteiger charge is 2.22. The summed E-state index contributed by atoms with van der Waals surface area (Å²) < 4.78 is 7.12. The summed E-state index contributed by atoms with van der Waals surface area (Å²) in [5.41, 5.74) is 7.30. The number of ether oxygens (including phenoxy) is 1. The molecule has 2 aromatic carbocycles. The van der Waals surface area contributed by atoms with Crippen LogP contribution in [0.25, 0.3) is 16.8 Å². The number of aryl methyl sites for hydroxylation is 1. The van der Waals surface area contributed by atoms with Crippen LogP contribution >= 0.6 is 0 Å². The zero-order chi connectivity index (χ0) is 19.0. The van der Waals surface area contributed by atoms with Crippen molar-refractivity contribution in [1.29, 1.82) is 0 Å². The van der Waals surface area contributed by atoms with Crippen molar-refractivity contribution >= 4 is 5.97 Å². The lowest BCUT2D eigenvalue weighted by molar-refractivity contribution is 0.0535. The molecule has 0 N–H and O–H groups in total. The van der Waals surface area contributed by atoms with E-state index in [-0.39, 0.29) is 5.97 Å². The topological polar surface area (TPSA) is 44.1 Å². The summed E-state index contributed by atoms with van der Waals surface area (Å²) in [6.45, 7) is 6.84. The molecule has 0 saturated heterocycles. The minimum atomic E-state index is -0.228. The minimum Gasteiger partial charge on any atom is -0.457 e. The van der Waals surface area contributed by atoms with E-state index in [1.807, 2.05) is 36.0 Å². The predicted molar refractivity (Wildman–Crippen MR) is 106 cm³/mol. The first-order chi connectivity index (χ1) is 13.1. The molecule has 0 fully saturated rings. The second-order valence-corrected chi connectivity index (χ2v) is 7.14. The van der Waals surface area contributed by atoms with Crippen LogP contribution in [0.4, 0.5) is 0 Å². The Morgan fingerprint density at radius 1 is 1.07 bits per heavy atom. The van der Waals surface area contributed by atoms with Crippen molar-refractivity contribution in [3.05, 3.63) is 71.0 Å². The number of nitrogens with zero attached hydrogens (tertiary/aromatic N) is 2. The van der Waals surface area contributed by atoms with E-state index in [9.17, 15) is 4.79 Å². The Morgan fingerprint density at radius 3 is 2.52 bits per heavy atom. The van der Waals surface area contributed by atoms with Crippen molar-refractivity contribution in [2.24, 2.45) is 0 Å². The van der Waals surface area contributed by atoms with Crippen LogP contribution in [0.2, 0.25) is 0 Å². The quantitative estimate of drug-likeness (QED) is 0.571. The van der Waals surface area contributed by atoms with Crippen LogP contribution in [0.3, 0.4) is 0 Å². The molecular formula is C23H24N2O2. The molecule has 27 heavy (non-hydrogen) atoms. The van der Waals surface area contributed by atoms with Crippen LogP contribution in [0.5, 0.6) is 0 Å². The average Bonchev–Trinajstić information content (AvgIpc) is 3.28. The third-order valence-electron chi connectivity index (χ3n) is 5.44. The van der Waals surface area contributed by atoms with Crippen LogP contribution in [0, 0.1) is 6.92 Å². The number of benzene rings is 2. The number of hydrogen-bond donors (Lipinski definition) is 0. The molecule has 0 amide bonds. The fraction of sp³-hybridized carbons (Fsp3) is 0.304. The molecule has 138 valence electrons. The maximum absolute atomic E-state index is 11.7. The summed E-state index contributed by atoms with van der Waals surface area (Å²) in [4.78, 5) is 11.7. The Balaban J connectivity index is 1.82. The molecule has 2 heterocycles. The Morgan fingerprint density at radius 2 is 1.81 bits per heavy atom. The van der Waals surface area contributed by atoms with Crippen molar-refractivity contribution in [3.63, 3.8) is 0 Å². The maximum Gasteiger partial charge on any atom is 0.338 e. The van der Waals surface area contributed by atoms with E-state index >= 15 is 0 Å². The molecule has 1 aliphatic heterocycles. The molecular weight excluding hydrogens is 336 g/mol. The monoisotopic (exact) mass is 360 g/mol. The molecule has 3 aromatic rings. The first-order valence-electron chi connectivity index (χ1n) is 9.57. The SMILES string of the molecule is CCC(CC)c1ccc(-c2ccc3c(c2)COC3=O)cc1-n1ccc(C)n1. The average molecular weight is 360 g/mol. The number of rotatable bonds is 5. The smallest absolute Gasteiger partial charge is 0.338 e. The Hall–Kier alpha value is -2.88. The van der Waals surface area contributed by atoms with E-state index < -0.39 is 0 Å². The number of fused-ring (bicyclic) bond motifs is 1. The first-order valence-corrected chi connectivity index (χ1v) is 9.57. The van der Waals surface area contributed by atoms with Gasteiger partial charge >= 0.3 is 5.97 Å². The van der Waals surface area contributed by atoms with Crippen molar-refractivity contribution in [2.75, 3.05) is 0 Å². The lowest BCUT2D eigenvalue weighted by atomic mass is 9.90. The molecule has 1 aliphatic rings. The van der Waals surface area contributed by atoms with Crippen molar-refractivity contribution in [3.8, 4) is 16.8 Å². The highest BCUT2D eigenvalue weighted by atomic mass is 16.5. The lowest BCUT2D eigenvalue weighted by Crippen LogP contribution is -2.05. The van der Waals surface area contributed by atoms with E-state index in [0.29, 0.717) is 18.1 Å². The molecule has 1 aromatic heterocycles. The van der Waals surface area contributed by atoms with Crippen molar-refractivity contribution in [1.82, 2.24) is 9.78 Å². The number of hydrogen-bond acceptors (Lipinski definition) is 3. The summed E-state index contributed by atoms with van der Waals surface area (Å²) in [6, 6.07) is 14.6. The van der Waals surface area contributed by atoms with Gasteiger partial charge in [0.1, 0.15) is 6.61 Å². The standard InChI is InChI=1S/C23H24N2O2/c1-4-16(5-2)20-8-6-18(13-22(20)25-11-10-15(3)24-25)17-7-9-21-19(12-17)14-27-23(21)26/h6-13,16H,4-5,14H2,1-3H3. The molecule has 0 saturated carbocycles. The van der Waals surface area contributed by atoms with Gasteiger partial charge in [-0.2, -0.15) is 5.10 Å². The summed E-state index contributed by atoms with van der Waals surface area (Å²) >= 11 is 0. The van der Waals surface area contributed by atoms with Crippen molar-refractivity contribution in [2.45, 2.75) is 46.1 Å². The zero-order valence-corrected chi connectivity index (χ0v) is 16.0. The number of carbonyl (C=O) groups excluding carboxylic acids is 1. The molecule has 0 aliphatic carbocycles. The van der Waals surface area contributed by atoms with Gasteiger partial charge in [0.25, 0.3) is 0 Å². The summed E-state index contributed by atoms with van der Waals surface area (Å²) in [7, 11) is 0. The Labute approximate surface area is 159 Å². The second-order valence-electron chi connectivity index (χ2n) is 7.14. The lowest BCUT2D eigenvalue weighted by Gasteiger charge is -2.19. The number of esters is 1. The normalized spacial score (nSPS) is 13.1. The number of aromatic nitrogens is 2. The third-order valence-corrected chi connectivity index (χ3v) is 5.44. The first kappa shape index (κ1) is 17.5. The van der Waals surface area contributed by atoms with Gasteiger partial charge < -0.3 is 4.74 Å². The van der Waals surface area contributed by atoms with Gasteiger partial charge in [-0.25, -0.2) is 9.48 Å². The molecule has 0 atom stereocenters. The number of carbonyl (C=O) groups is 1. The maximum atomic E-state index is 11.7. The van der Waals surface area contributed by atoms with Gasteiger partial charge in [0.15, 0.2) is 0 Å². The van der Waals surface area contributed by atoms with Crippen LogP contribution in [0.1, 0.15) is 59.8 Å². The van der Waals surface area contributed by atoms with E-state index in [4.69, 9.17) is 4.74 Å². The molecule has 0 unspecified atom stereocenters. The van der Waals surface area contributed by atoms with Gasteiger partial charge in [-0.3, -0.25) is 0 Å². The van der Waals surface area contributed by atoms with Gasteiger partial charge in [0, 0.05) is 11.8 Å².